The molecule has 0 saturated carbocycles. The van der Waals surface area contributed by atoms with E-state index in [1.54, 1.807) is 18.2 Å². The van der Waals surface area contributed by atoms with Gasteiger partial charge in [0.25, 0.3) is 0 Å². The Hall–Kier alpha value is -2.43. The monoisotopic (exact) mass is 544 g/mol. The molecule has 0 bridgehead atoms. The van der Waals surface area contributed by atoms with Crippen molar-refractivity contribution in [1.82, 2.24) is 15.5 Å². The van der Waals surface area contributed by atoms with E-state index in [4.69, 9.17) is 0 Å². The summed E-state index contributed by atoms with van der Waals surface area (Å²) in [5.41, 5.74) is 3.00. The largest absolute Gasteiger partial charge is 0.434 e. The second kappa shape index (κ2) is 12.4. The molecule has 1 aliphatic rings. The molecule has 2 N–H and O–H groups in total. The highest BCUT2D eigenvalue weighted by Gasteiger charge is 2.20. The molecule has 3 rings (SSSR count). The molecule has 0 fully saturated rings. The van der Waals surface area contributed by atoms with Crippen molar-refractivity contribution >= 4 is 35.8 Å². The standard InChI is InChI=1S/C22H26F2N4O2.HI/c1-2-25-22(26-13-17-8-5-6-10-19(17)30-21(23)24)27-14-20(29)28-12-11-16-7-3-4-9-18(16)15-28;/h3-10,21H,2,11-15H2,1H3,(H2,25,26,27);1H. The van der Waals surface area contributed by atoms with Gasteiger partial charge in [-0.15, -0.1) is 24.0 Å². The number of hydrogen-bond acceptors (Lipinski definition) is 3. The highest BCUT2D eigenvalue weighted by molar-refractivity contribution is 14.0. The molecular weight excluding hydrogens is 517 g/mol. The van der Waals surface area contributed by atoms with Gasteiger partial charge in [0.1, 0.15) is 5.75 Å². The van der Waals surface area contributed by atoms with E-state index >= 15 is 0 Å². The maximum absolute atomic E-state index is 12.6. The maximum atomic E-state index is 12.6. The summed E-state index contributed by atoms with van der Waals surface area (Å²) >= 11 is 0. The zero-order valence-corrected chi connectivity index (χ0v) is 19.6. The van der Waals surface area contributed by atoms with E-state index in [1.807, 2.05) is 30.0 Å². The van der Waals surface area contributed by atoms with Gasteiger partial charge < -0.3 is 20.3 Å². The minimum absolute atomic E-state index is 0. The average molecular weight is 544 g/mol. The molecule has 0 aliphatic carbocycles. The summed E-state index contributed by atoms with van der Waals surface area (Å²) in [4.78, 5) is 18.9. The van der Waals surface area contributed by atoms with Gasteiger partial charge in [-0.2, -0.15) is 8.78 Å². The third kappa shape index (κ3) is 7.34. The molecule has 1 amide bonds. The van der Waals surface area contributed by atoms with E-state index in [-0.39, 0.29) is 48.7 Å². The molecule has 0 aromatic heterocycles. The van der Waals surface area contributed by atoms with Crippen LogP contribution < -0.4 is 15.4 Å². The van der Waals surface area contributed by atoms with Gasteiger partial charge in [0, 0.05) is 25.2 Å². The Balaban J connectivity index is 0.00000341. The number of nitrogens with one attached hydrogen (secondary N) is 2. The lowest BCUT2D eigenvalue weighted by atomic mass is 10.00. The fraction of sp³-hybridized carbons (Fsp3) is 0.364. The van der Waals surface area contributed by atoms with Crippen molar-refractivity contribution in [2.24, 2.45) is 4.99 Å². The van der Waals surface area contributed by atoms with Gasteiger partial charge in [-0.05, 0) is 30.5 Å². The van der Waals surface area contributed by atoms with Crippen molar-refractivity contribution in [3.63, 3.8) is 0 Å². The van der Waals surface area contributed by atoms with Crippen LogP contribution in [0.25, 0.3) is 0 Å². The topological polar surface area (TPSA) is 66.0 Å². The van der Waals surface area contributed by atoms with E-state index in [1.165, 1.54) is 17.2 Å². The van der Waals surface area contributed by atoms with Crippen LogP contribution in [-0.2, 0) is 24.3 Å². The number of rotatable bonds is 7. The lowest BCUT2D eigenvalue weighted by Crippen LogP contribution is -2.45. The first-order valence-corrected chi connectivity index (χ1v) is 9.96. The predicted octanol–water partition coefficient (Wildman–Crippen LogP) is 3.55. The quantitative estimate of drug-likeness (QED) is 0.318. The first-order chi connectivity index (χ1) is 14.6. The van der Waals surface area contributed by atoms with E-state index < -0.39 is 6.61 Å². The number of carbonyl (C=O) groups is 1. The number of ether oxygens (including phenoxy) is 1. The molecule has 31 heavy (non-hydrogen) atoms. The van der Waals surface area contributed by atoms with Crippen LogP contribution in [0.4, 0.5) is 8.78 Å². The molecule has 0 saturated heterocycles. The van der Waals surface area contributed by atoms with Gasteiger partial charge in [-0.3, -0.25) is 4.79 Å². The molecule has 0 radical (unpaired) electrons. The number of halogens is 3. The Morgan fingerprint density at radius 1 is 1.13 bits per heavy atom. The molecular formula is C22H27F2IN4O2. The number of hydrogen-bond donors (Lipinski definition) is 2. The zero-order valence-electron chi connectivity index (χ0n) is 17.3. The van der Waals surface area contributed by atoms with Crippen molar-refractivity contribution in [1.29, 1.82) is 0 Å². The molecule has 2 aromatic carbocycles. The average Bonchev–Trinajstić information content (AvgIpc) is 2.75. The molecule has 6 nitrogen and oxygen atoms in total. The van der Waals surface area contributed by atoms with Crippen molar-refractivity contribution in [2.75, 3.05) is 19.6 Å². The summed E-state index contributed by atoms with van der Waals surface area (Å²) in [5.74, 6) is 0.516. The number of benzene rings is 2. The third-order valence-corrected chi connectivity index (χ3v) is 4.83. The number of aliphatic imine (C=N–C) groups is 1. The number of para-hydroxylation sites is 1. The highest BCUT2D eigenvalue weighted by Crippen LogP contribution is 2.21. The Kier molecular flexibility index (Phi) is 9.96. The van der Waals surface area contributed by atoms with Crippen LogP contribution in [0.1, 0.15) is 23.6 Å². The second-order valence-electron chi connectivity index (χ2n) is 6.87. The fourth-order valence-electron chi connectivity index (χ4n) is 3.33. The minimum Gasteiger partial charge on any atom is -0.434 e. The highest BCUT2D eigenvalue weighted by atomic mass is 127. The Morgan fingerprint density at radius 3 is 2.58 bits per heavy atom. The van der Waals surface area contributed by atoms with Gasteiger partial charge in [-0.1, -0.05) is 42.5 Å². The van der Waals surface area contributed by atoms with Crippen LogP contribution in [0.5, 0.6) is 5.75 Å². The zero-order chi connectivity index (χ0) is 21.3. The van der Waals surface area contributed by atoms with Gasteiger partial charge in [0.2, 0.25) is 5.91 Å². The summed E-state index contributed by atoms with van der Waals surface area (Å²) in [6.07, 6.45) is 0.844. The SMILES string of the molecule is CCNC(=NCc1ccccc1OC(F)F)NCC(=O)N1CCc2ccccc2C1.I. The van der Waals surface area contributed by atoms with Crippen molar-refractivity contribution in [2.45, 2.75) is 33.0 Å². The van der Waals surface area contributed by atoms with Gasteiger partial charge in [0.05, 0.1) is 13.1 Å². The molecule has 2 aromatic rings. The van der Waals surface area contributed by atoms with Crippen molar-refractivity contribution in [3.8, 4) is 5.75 Å². The number of nitrogens with zero attached hydrogens (tertiary/aromatic N) is 2. The van der Waals surface area contributed by atoms with Crippen molar-refractivity contribution < 1.29 is 18.3 Å². The third-order valence-electron chi connectivity index (χ3n) is 4.83. The molecule has 1 aliphatic heterocycles. The van der Waals surface area contributed by atoms with Crippen LogP contribution in [-0.4, -0.2) is 43.0 Å². The van der Waals surface area contributed by atoms with Crippen LogP contribution in [0, 0.1) is 0 Å². The number of guanidine groups is 1. The maximum Gasteiger partial charge on any atom is 0.387 e. The summed E-state index contributed by atoms with van der Waals surface area (Å²) in [5, 5.41) is 6.10. The lowest BCUT2D eigenvalue weighted by Gasteiger charge is -2.29. The van der Waals surface area contributed by atoms with Gasteiger partial charge in [0.15, 0.2) is 5.96 Å². The normalized spacial score (nSPS) is 13.3. The second-order valence-corrected chi connectivity index (χ2v) is 6.87. The molecule has 0 atom stereocenters. The van der Waals surface area contributed by atoms with Crippen LogP contribution in [0.3, 0.4) is 0 Å². The molecule has 1 heterocycles. The number of carbonyl (C=O) groups excluding carboxylic acids is 1. The van der Waals surface area contributed by atoms with E-state index in [0.717, 1.165) is 6.42 Å². The predicted molar refractivity (Wildman–Crippen MR) is 127 cm³/mol. The Labute approximate surface area is 198 Å². The van der Waals surface area contributed by atoms with E-state index in [0.29, 0.717) is 31.2 Å². The number of alkyl halides is 2. The molecule has 0 unspecified atom stereocenters. The molecule has 9 heteroatoms. The van der Waals surface area contributed by atoms with E-state index in [2.05, 4.69) is 26.4 Å². The lowest BCUT2D eigenvalue weighted by molar-refractivity contribution is -0.130. The Bertz CT molecular complexity index is 895. The fourth-order valence-corrected chi connectivity index (χ4v) is 3.33. The van der Waals surface area contributed by atoms with Gasteiger partial charge in [-0.25, -0.2) is 4.99 Å². The molecule has 0 spiro atoms. The summed E-state index contributed by atoms with van der Waals surface area (Å²) < 4.78 is 29.7. The summed E-state index contributed by atoms with van der Waals surface area (Å²) in [6, 6.07) is 14.7. The number of fused-ring (bicyclic) bond motifs is 1. The minimum atomic E-state index is -2.89. The van der Waals surface area contributed by atoms with Crippen LogP contribution >= 0.6 is 24.0 Å². The first kappa shape index (κ1) is 24.8. The first-order valence-electron chi connectivity index (χ1n) is 9.96. The van der Waals surface area contributed by atoms with Crippen LogP contribution in [0.15, 0.2) is 53.5 Å². The van der Waals surface area contributed by atoms with Crippen LogP contribution in [0.2, 0.25) is 0 Å². The summed E-state index contributed by atoms with van der Waals surface area (Å²) in [7, 11) is 0. The van der Waals surface area contributed by atoms with Crippen molar-refractivity contribution in [3.05, 3.63) is 65.2 Å². The Morgan fingerprint density at radius 2 is 1.84 bits per heavy atom. The smallest absolute Gasteiger partial charge is 0.387 e. The number of amides is 1. The molecule has 168 valence electrons. The van der Waals surface area contributed by atoms with E-state index in [9.17, 15) is 13.6 Å². The van der Waals surface area contributed by atoms with Gasteiger partial charge >= 0.3 is 6.61 Å². The summed E-state index contributed by atoms with van der Waals surface area (Å²) in [6.45, 7) is 1.15.